The van der Waals surface area contributed by atoms with E-state index in [9.17, 15) is 4.79 Å². The SMILES string of the molecule is CCCNC1(C(=O)OCC)CCC(OC)CC1. The van der Waals surface area contributed by atoms with E-state index in [4.69, 9.17) is 9.47 Å². The standard InChI is InChI=1S/C13H25NO3/c1-4-10-14-13(12(15)17-5-2)8-6-11(16-3)7-9-13/h11,14H,4-10H2,1-3H3. The molecule has 0 amide bonds. The summed E-state index contributed by atoms with van der Waals surface area (Å²) in [6.45, 7) is 5.26. The number of ether oxygens (including phenoxy) is 2. The number of carbonyl (C=O) groups is 1. The first kappa shape index (κ1) is 14.5. The average Bonchev–Trinajstić information content (AvgIpc) is 2.37. The third kappa shape index (κ3) is 3.68. The molecule has 1 aliphatic carbocycles. The first-order chi connectivity index (χ1) is 8.18. The molecule has 4 heteroatoms. The summed E-state index contributed by atoms with van der Waals surface area (Å²) < 4.78 is 10.6. The van der Waals surface area contributed by atoms with Gasteiger partial charge in [-0.2, -0.15) is 0 Å². The molecule has 1 aliphatic rings. The second kappa shape index (κ2) is 6.97. The Morgan fingerprint density at radius 1 is 1.35 bits per heavy atom. The van der Waals surface area contributed by atoms with Gasteiger partial charge in [0.1, 0.15) is 5.54 Å². The predicted octanol–water partition coefficient (Wildman–Crippen LogP) is 1.88. The number of hydrogen-bond donors (Lipinski definition) is 1. The Bertz CT molecular complexity index is 235. The van der Waals surface area contributed by atoms with Crippen LogP contribution in [0.5, 0.6) is 0 Å². The van der Waals surface area contributed by atoms with Crippen molar-refractivity contribution in [3.63, 3.8) is 0 Å². The van der Waals surface area contributed by atoms with Gasteiger partial charge in [-0.05, 0) is 45.6 Å². The molecule has 1 saturated carbocycles. The molecule has 1 fully saturated rings. The van der Waals surface area contributed by atoms with Gasteiger partial charge >= 0.3 is 5.97 Å². The molecule has 0 aliphatic heterocycles. The lowest BCUT2D eigenvalue weighted by molar-refractivity contribution is -0.154. The molecule has 17 heavy (non-hydrogen) atoms. The van der Waals surface area contributed by atoms with Gasteiger partial charge in [-0.3, -0.25) is 4.79 Å². The number of rotatable bonds is 6. The zero-order chi connectivity index (χ0) is 12.7. The molecule has 4 nitrogen and oxygen atoms in total. The van der Waals surface area contributed by atoms with Crippen molar-refractivity contribution in [1.29, 1.82) is 0 Å². The Hall–Kier alpha value is -0.610. The van der Waals surface area contributed by atoms with Crippen LogP contribution < -0.4 is 5.32 Å². The van der Waals surface area contributed by atoms with E-state index < -0.39 is 5.54 Å². The molecule has 0 spiro atoms. The quantitative estimate of drug-likeness (QED) is 0.724. The van der Waals surface area contributed by atoms with Crippen molar-refractivity contribution in [3.05, 3.63) is 0 Å². The minimum Gasteiger partial charge on any atom is -0.465 e. The minimum absolute atomic E-state index is 0.0944. The Kier molecular flexibility index (Phi) is 5.92. The van der Waals surface area contributed by atoms with Crippen molar-refractivity contribution < 1.29 is 14.3 Å². The molecule has 0 atom stereocenters. The monoisotopic (exact) mass is 243 g/mol. The minimum atomic E-state index is -0.471. The zero-order valence-corrected chi connectivity index (χ0v) is 11.3. The lowest BCUT2D eigenvalue weighted by Crippen LogP contribution is -2.55. The molecule has 0 aromatic heterocycles. The molecule has 0 unspecified atom stereocenters. The summed E-state index contributed by atoms with van der Waals surface area (Å²) in [5.41, 5.74) is -0.471. The summed E-state index contributed by atoms with van der Waals surface area (Å²) in [5.74, 6) is -0.0944. The van der Waals surface area contributed by atoms with Crippen LogP contribution in [0.4, 0.5) is 0 Å². The van der Waals surface area contributed by atoms with Crippen molar-refractivity contribution in [1.82, 2.24) is 5.32 Å². The van der Waals surface area contributed by atoms with Crippen LogP contribution in [0.3, 0.4) is 0 Å². The maximum Gasteiger partial charge on any atom is 0.326 e. The van der Waals surface area contributed by atoms with E-state index in [1.54, 1.807) is 7.11 Å². The third-order valence-electron chi connectivity index (χ3n) is 3.50. The fourth-order valence-electron chi connectivity index (χ4n) is 2.41. The molecule has 0 radical (unpaired) electrons. The van der Waals surface area contributed by atoms with Gasteiger partial charge < -0.3 is 14.8 Å². The maximum absolute atomic E-state index is 12.1. The second-order valence-corrected chi connectivity index (χ2v) is 4.66. The molecular weight excluding hydrogens is 218 g/mol. The fourth-order valence-corrected chi connectivity index (χ4v) is 2.41. The van der Waals surface area contributed by atoms with Crippen LogP contribution in [-0.2, 0) is 14.3 Å². The third-order valence-corrected chi connectivity index (χ3v) is 3.50. The molecule has 0 bridgehead atoms. The highest BCUT2D eigenvalue weighted by Gasteiger charge is 2.42. The van der Waals surface area contributed by atoms with Crippen LogP contribution >= 0.6 is 0 Å². The summed E-state index contributed by atoms with van der Waals surface area (Å²) in [4.78, 5) is 12.1. The van der Waals surface area contributed by atoms with Crippen LogP contribution in [0.25, 0.3) is 0 Å². The molecule has 0 saturated heterocycles. The van der Waals surface area contributed by atoms with E-state index in [1.807, 2.05) is 6.92 Å². The predicted molar refractivity (Wildman–Crippen MR) is 66.9 cm³/mol. The van der Waals surface area contributed by atoms with Gasteiger partial charge in [0, 0.05) is 7.11 Å². The first-order valence-corrected chi connectivity index (χ1v) is 6.63. The Morgan fingerprint density at radius 2 is 2.00 bits per heavy atom. The topological polar surface area (TPSA) is 47.6 Å². The lowest BCUT2D eigenvalue weighted by atomic mass is 9.80. The van der Waals surface area contributed by atoms with Crippen LogP contribution in [0.1, 0.15) is 46.0 Å². The highest BCUT2D eigenvalue weighted by atomic mass is 16.5. The molecule has 0 aromatic rings. The van der Waals surface area contributed by atoms with Gasteiger partial charge in [0.05, 0.1) is 12.7 Å². The number of nitrogens with one attached hydrogen (secondary N) is 1. The highest BCUT2D eigenvalue weighted by molar-refractivity contribution is 5.81. The highest BCUT2D eigenvalue weighted by Crippen LogP contribution is 2.31. The average molecular weight is 243 g/mol. The number of methoxy groups -OCH3 is 1. The van der Waals surface area contributed by atoms with Gasteiger partial charge in [0.25, 0.3) is 0 Å². The fraction of sp³-hybridized carbons (Fsp3) is 0.923. The van der Waals surface area contributed by atoms with Gasteiger partial charge in [0.2, 0.25) is 0 Å². The normalized spacial score (nSPS) is 29.0. The van der Waals surface area contributed by atoms with E-state index >= 15 is 0 Å². The molecule has 0 aromatic carbocycles. The molecular formula is C13H25NO3. The smallest absolute Gasteiger partial charge is 0.326 e. The Balaban J connectivity index is 2.63. The maximum atomic E-state index is 12.1. The summed E-state index contributed by atoms with van der Waals surface area (Å²) in [6, 6.07) is 0. The van der Waals surface area contributed by atoms with Crippen LogP contribution in [0, 0.1) is 0 Å². The van der Waals surface area contributed by atoms with E-state index in [0.717, 1.165) is 38.6 Å². The van der Waals surface area contributed by atoms with E-state index in [0.29, 0.717) is 12.7 Å². The van der Waals surface area contributed by atoms with Crippen molar-refractivity contribution in [2.75, 3.05) is 20.3 Å². The van der Waals surface area contributed by atoms with E-state index in [1.165, 1.54) is 0 Å². The van der Waals surface area contributed by atoms with Crippen molar-refractivity contribution in [3.8, 4) is 0 Å². The Morgan fingerprint density at radius 3 is 2.47 bits per heavy atom. The number of hydrogen-bond acceptors (Lipinski definition) is 4. The summed E-state index contributed by atoms with van der Waals surface area (Å²) in [6.07, 6.45) is 4.78. The second-order valence-electron chi connectivity index (χ2n) is 4.66. The van der Waals surface area contributed by atoms with Gasteiger partial charge in [-0.25, -0.2) is 0 Å². The number of carbonyl (C=O) groups excluding carboxylic acids is 1. The first-order valence-electron chi connectivity index (χ1n) is 6.63. The summed E-state index contributed by atoms with van der Waals surface area (Å²) in [5, 5.41) is 3.38. The summed E-state index contributed by atoms with van der Waals surface area (Å²) >= 11 is 0. The number of esters is 1. The molecule has 1 N–H and O–H groups in total. The Labute approximate surface area is 104 Å². The van der Waals surface area contributed by atoms with Gasteiger partial charge in [0.15, 0.2) is 0 Å². The van der Waals surface area contributed by atoms with Crippen LogP contribution in [-0.4, -0.2) is 37.9 Å². The molecule has 1 rings (SSSR count). The largest absolute Gasteiger partial charge is 0.465 e. The van der Waals surface area contributed by atoms with E-state index in [2.05, 4.69) is 12.2 Å². The van der Waals surface area contributed by atoms with Gasteiger partial charge in [-0.15, -0.1) is 0 Å². The zero-order valence-electron chi connectivity index (χ0n) is 11.3. The van der Waals surface area contributed by atoms with Crippen molar-refractivity contribution >= 4 is 5.97 Å². The van der Waals surface area contributed by atoms with Gasteiger partial charge in [-0.1, -0.05) is 6.92 Å². The van der Waals surface area contributed by atoms with Crippen LogP contribution in [0.2, 0.25) is 0 Å². The van der Waals surface area contributed by atoms with Crippen LogP contribution in [0.15, 0.2) is 0 Å². The van der Waals surface area contributed by atoms with Crippen molar-refractivity contribution in [2.24, 2.45) is 0 Å². The van der Waals surface area contributed by atoms with E-state index in [-0.39, 0.29) is 5.97 Å². The van der Waals surface area contributed by atoms with Crippen molar-refractivity contribution in [2.45, 2.75) is 57.6 Å². The molecule has 0 heterocycles. The molecule has 100 valence electrons. The lowest BCUT2D eigenvalue weighted by Gasteiger charge is -2.38. The summed E-state index contributed by atoms with van der Waals surface area (Å²) in [7, 11) is 1.74.